The second-order valence-corrected chi connectivity index (χ2v) is 6.98. The van der Waals surface area contributed by atoms with Gasteiger partial charge in [0, 0.05) is 25.8 Å². The van der Waals surface area contributed by atoms with E-state index in [9.17, 15) is 14.7 Å². The largest absolute Gasteiger partial charge is 0.507 e. The van der Waals surface area contributed by atoms with Gasteiger partial charge < -0.3 is 19.5 Å². The molecule has 0 bridgehead atoms. The highest BCUT2D eigenvalue weighted by molar-refractivity contribution is 6.46. The average Bonchev–Trinajstić information content (AvgIpc) is 2.99. The molecular weight excluding hydrogens is 370 g/mol. The SMILES string of the molecule is COCCCN1C(=O)C(=O)/C(=C(/O)c2ccc(C)cc2)[C@H]1c1cccc(OC)c1. The molecule has 0 spiro atoms. The summed E-state index contributed by atoms with van der Waals surface area (Å²) >= 11 is 0. The van der Waals surface area contributed by atoms with Gasteiger partial charge in [-0.2, -0.15) is 0 Å². The number of ether oxygens (including phenoxy) is 2. The second-order valence-electron chi connectivity index (χ2n) is 6.98. The van der Waals surface area contributed by atoms with Gasteiger partial charge in [-0.3, -0.25) is 9.59 Å². The van der Waals surface area contributed by atoms with Crippen molar-refractivity contribution in [3.8, 4) is 5.75 Å². The number of ketones is 1. The average molecular weight is 395 g/mol. The van der Waals surface area contributed by atoms with Crippen LogP contribution in [0.1, 0.15) is 29.2 Å². The predicted molar refractivity (Wildman–Crippen MR) is 110 cm³/mol. The number of benzene rings is 2. The molecule has 3 rings (SSSR count). The summed E-state index contributed by atoms with van der Waals surface area (Å²) in [6.07, 6.45) is 0.578. The van der Waals surface area contributed by atoms with E-state index in [1.54, 1.807) is 44.6 Å². The Morgan fingerprint density at radius 2 is 1.83 bits per heavy atom. The van der Waals surface area contributed by atoms with E-state index in [0.29, 0.717) is 36.4 Å². The molecule has 0 unspecified atom stereocenters. The number of rotatable bonds is 7. The Morgan fingerprint density at radius 3 is 2.48 bits per heavy atom. The Morgan fingerprint density at radius 1 is 1.10 bits per heavy atom. The second kappa shape index (κ2) is 8.92. The molecule has 0 radical (unpaired) electrons. The zero-order chi connectivity index (χ0) is 21.0. The summed E-state index contributed by atoms with van der Waals surface area (Å²) in [5.41, 5.74) is 2.32. The van der Waals surface area contributed by atoms with E-state index in [1.807, 2.05) is 25.1 Å². The van der Waals surface area contributed by atoms with Gasteiger partial charge in [0.2, 0.25) is 0 Å². The molecule has 1 heterocycles. The topological polar surface area (TPSA) is 76.1 Å². The van der Waals surface area contributed by atoms with Crippen LogP contribution in [0.2, 0.25) is 0 Å². The van der Waals surface area contributed by atoms with Crippen LogP contribution in [0, 0.1) is 6.92 Å². The highest BCUT2D eigenvalue weighted by Crippen LogP contribution is 2.40. The molecule has 1 aliphatic rings. The molecule has 152 valence electrons. The number of carbonyl (C=O) groups excluding carboxylic acids is 2. The summed E-state index contributed by atoms with van der Waals surface area (Å²) in [5.74, 6) is -0.873. The Balaban J connectivity index is 2.12. The zero-order valence-corrected chi connectivity index (χ0v) is 16.8. The number of likely N-dealkylation sites (tertiary alicyclic amines) is 1. The zero-order valence-electron chi connectivity index (χ0n) is 16.8. The van der Waals surface area contributed by atoms with Crippen LogP contribution in [-0.4, -0.2) is 49.1 Å². The van der Waals surface area contributed by atoms with Crippen molar-refractivity contribution in [3.63, 3.8) is 0 Å². The fourth-order valence-corrected chi connectivity index (χ4v) is 3.51. The fraction of sp³-hybridized carbons (Fsp3) is 0.304. The Hall–Kier alpha value is -3.12. The monoisotopic (exact) mass is 395 g/mol. The number of hydrogen-bond acceptors (Lipinski definition) is 5. The van der Waals surface area contributed by atoms with Crippen LogP contribution in [0.4, 0.5) is 0 Å². The number of aryl methyl sites for hydroxylation is 1. The summed E-state index contributed by atoms with van der Waals surface area (Å²) in [6.45, 7) is 2.74. The smallest absolute Gasteiger partial charge is 0.295 e. The minimum atomic E-state index is -0.691. The highest BCUT2D eigenvalue weighted by Gasteiger charge is 2.45. The fourth-order valence-electron chi connectivity index (χ4n) is 3.51. The lowest BCUT2D eigenvalue weighted by atomic mass is 9.95. The molecular formula is C23H25NO5. The third-order valence-corrected chi connectivity index (χ3v) is 5.02. The Labute approximate surface area is 170 Å². The van der Waals surface area contributed by atoms with E-state index >= 15 is 0 Å². The Bertz CT molecular complexity index is 933. The van der Waals surface area contributed by atoms with Crippen molar-refractivity contribution in [1.82, 2.24) is 4.90 Å². The molecule has 0 aliphatic carbocycles. The van der Waals surface area contributed by atoms with Crippen molar-refractivity contribution < 1.29 is 24.2 Å². The molecule has 1 saturated heterocycles. The van der Waals surface area contributed by atoms with Crippen LogP contribution >= 0.6 is 0 Å². The molecule has 2 aromatic rings. The number of amides is 1. The van der Waals surface area contributed by atoms with Crippen molar-refractivity contribution in [1.29, 1.82) is 0 Å². The summed E-state index contributed by atoms with van der Waals surface area (Å²) < 4.78 is 10.4. The lowest BCUT2D eigenvalue weighted by molar-refractivity contribution is -0.140. The summed E-state index contributed by atoms with van der Waals surface area (Å²) in [7, 11) is 3.14. The lowest BCUT2D eigenvalue weighted by Crippen LogP contribution is -2.31. The van der Waals surface area contributed by atoms with Crippen LogP contribution in [0.3, 0.4) is 0 Å². The summed E-state index contributed by atoms with van der Waals surface area (Å²) in [4.78, 5) is 27.2. The van der Waals surface area contributed by atoms with E-state index in [2.05, 4.69) is 0 Å². The van der Waals surface area contributed by atoms with E-state index in [4.69, 9.17) is 9.47 Å². The summed E-state index contributed by atoms with van der Waals surface area (Å²) in [6, 6.07) is 13.7. The number of aliphatic hydroxyl groups excluding tert-OH is 1. The first-order chi connectivity index (χ1) is 14.0. The maximum Gasteiger partial charge on any atom is 0.295 e. The first-order valence-corrected chi connectivity index (χ1v) is 9.46. The van der Waals surface area contributed by atoms with Gasteiger partial charge in [-0.15, -0.1) is 0 Å². The van der Waals surface area contributed by atoms with Crippen LogP contribution in [0.15, 0.2) is 54.1 Å². The van der Waals surface area contributed by atoms with Crippen LogP contribution < -0.4 is 4.74 Å². The molecule has 2 aromatic carbocycles. The van der Waals surface area contributed by atoms with Gasteiger partial charge >= 0.3 is 0 Å². The van der Waals surface area contributed by atoms with Gasteiger partial charge in [0.1, 0.15) is 11.5 Å². The first-order valence-electron chi connectivity index (χ1n) is 9.46. The van der Waals surface area contributed by atoms with Crippen LogP contribution in [0.5, 0.6) is 5.75 Å². The number of methoxy groups -OCH3 is 2. The standard InChI is InChI=1S/C23H25NO5/c1-15-8-10-16(11-9-15)21(25)19-20(17-6-4-7-18(14-17)29-3)24(12-5-13-28-2)23(27)22(19)26/h4,6-11,14,20,25H,5,12-13H2,1-3H3/b21-19+/t20-/m1/s1. The number of nitrogens with zero attached hydrogens (tertiary/aromatic N) is 1. The van der Waals surface area contributed by atoms with Gasteiger partial charge in [0.25, 0.3) is 11.7 Å². The highest BCUT2D eigenvalue weighted by atomic mass is 16.5. The predicted octanol–water partition coefficient (Wildman–Crippen LogP) is 3.46. The van der Waals surface area contributed by atoms with Crippen molar-refractivity contribution in [3.05, 3.63) is 70.8 Å². The Kier molecular flexibility index (Phi) is 6.34. The van der Waals surface area contributed by atoms with E-state index in [0.717, 1.165) is 5.56 Å². The van der Waals surface area contributed by atoms with Crippen molar-refractivity contribution >= 4 is 17.4 Å². The maximum absolute atomic E-state index is 12.9. The third-order valence-electron chi connectivity index (χ3n) is 5.02. The molecule has 1 fully saturated rings. The number of Topliss-reactive ketones (excluding diaryl/α,β-unsaturated/α-hetero) is 1. The quantitative estimate of drug-likeness (QED) is 0.336. The molecule has 1 N–H and O–H groups in total. The third kappa shape index (κ3) is 4.17. The molecule has 0 saturated carbocycles. The van der Waals surface area contributed by atoms with Gasteiger partial charge in [0.05, 0.1) is 18.7 Å². The first kappa shape index (κ1) is 20.6. The minimum Gasteiger partial charge on any atom is -0.507 e. The summed E-state index contributed by atoms with van der Waals surface area (Å²) in [5, 5.41) is 11.0. The van der Waals surface area contributed by atoms with E-state index in [-0.39, 0.29) is 11.3 Å². The molecule has 1 atom stereocenters. The van der Waals surface area contributed by atoms with Gasteiger partial charge in [0.15, 0.2) is 0 Å². The van der Waals surface area contributed by atoms with Gasteiger partial charge in [-0.1, -0.05) is 42.0 Å². The number of aliphatic hydroxyl groups is 1. The molecule has 6 nitrogen and oxygen atoms in total. The molecule has 6 heteroatoms. The maximum atomic E-state index is 12.9. The molecule has 0 aromatic heterocycles. The minimum absolute atomic E-state index is 0.0875. The van der Waals surface area contributed by atoms with Crippen molar-refractivity contribution in [2.24, 2.45) is 0 Å². The van der Waals surface area contributed by atoms with Crippen LogP contribution in [-0.2, 0) is 14.3 Å². The van der Waals surface area contributed by atoms with Crippen LogP contribution in [0.25, 0.3) is 5.76 Å². The van der Waals surface area contributed by atoms with E-state index < -0.39 is 17.7 Å². The van der Waals surface area contributed by atoms with Crippen molar-refractivity contribution in [2.45, 2.75) is 19.4 Å². The van der Waals surface area contributed by atoms with Gasteiger partial charge in [-0.25, -0.2) is 0 Å². The van der Waals surface area contributed by atoms with Crippen molar-refractivity contribution in [2.75, 3.05) is 27.4 Å². The van der Waals surface area contributed by atoms with E-state index in [1.165, 1.54) is 4.90 Å². The normalized spacial score (nSPS) is 18.3. The molecule has 29 heavy (non-hydrogen) atoms. The van der Waals surface area contributed by atoms with Gasteiger partial charge in [-0.05, 0) is 31.0 Å². The number of carbonyl (C=O) groups is 2. The molecule has 1 aliphatic heterocycles. The molecule has 1 amide bonds. The number of hydrogen-bond donors (Lipinski definition) is 1. The lowest BCUT2D eigenvalue weighted by Gasteiger charge is -2.25.